The molecule has 0 heterocycles. The number of esters is 1. The van der Waals surface area contributed by atoms with Crippen LogP contribution in [0.25, 0.3) is 0 Å². The van der Waals surface area contributed by atoms with E-state index in [-0.39, 0.29) is 81.8 Å². The van der Waals surface area contributed by atoms with Crippen molar-refractivity contribution in [2.24, 2.45) is 5.92 Å². The van der Waals surface area contributed by atoms with Crippen molar-refractivity contribution in [3.63, 3.8) is 0 Å². The third kappa shape index (κ3) is 6.16. The Hall–Kier alpha value is 0.122. The van der Waals surface area contributed by atoms with Crippen LogP contribution in [-0.4, -0.2) is 35.6 Å². The van der Waals surface area contributed by atoms with E-state index in [2.05, 4.69) is 0 Å². The maximum atomic E-state index is 12.2. The number of benzene rings is 1. The van der Waals surface area contributed by atoms with E-state index in [4.69, 9.17) is 9.84 Å². The Kier molecular flexibility index (Phi) is 8.52. The first-order valence-electron chi connectivity index (χ1n) is 6.44. The summed E-state index contributed by atoms with van der Waals surface area (Å²) in [6.45, 7) is 6.97. The minimum absolute atomic E-state index is 0. The van der Waals surface area contributed by atoms with Crippen LogP contribution in [0.4, 0.5) is 0 Å². The molecule has 0 spiro atoms. The van der Waals surface area contributed by atoms with Gasteiger partial charge in [0.15, 0.2) is 0 Å². The van der Waals surface area contributed by atoms with Crippen molar-refractivity contribution >= 4 is 22.1 Å². The molecule has 7 nitrogen and oxygen atoms in total. The molecule has 0 aliphatic carbocycles. The first kappa shape index (κ1) is 23.1. The van der Waals surface area contributed by atoms with Crippen molar-refractivity contribution in [3.8, 4) is 0 Å². The molecule has 0 radical (unpaired) electrons. The van der Waals surface area contributed by atoms with Crippen LogP contribution >= 0.6 is 0 Å². The Morgan fingerprint density at radius 3 is 2.17 bits per heavy atom. The van der Waals surface area contributed by atoms with Gasteiger partial charge in [-0.25, -0.2) is 9.59 Å². The number of rotatable bonds is 5. The van der Waals surface area contributed by atoms with Crippen LogP contribution in [0.2, 0.25) is 0 Å². The van der Waals surface area contributed by atoms with Crippen molar-refractivity contribution in [1.82, 2.24) is 0 Å². The molecule has 1 rings (SSSR count). The molecule has 0 atom stereocenters. The number of carbonyl (C=O) groups is 2. The number of hydrogen-bond donors (Lipinski definition) is 2. The Morgan fingerprint density at radius 1 is 1.26 bits per heavy atom. The van der Waals surface area contributed by atoms with Crippen LogP contribution in [0, 0.1) is 5.92 Å². The van der Waals surface area contributed by atoms with Crippen molar-refractivity contribution in [3.05, 3.63) is 29.3 Å². The number of aromatic carboxylic acids is 1. The van der Waals surface area contributed by atoms with Crippen LogP contribution in [0.3, 0.4) is 0 Å². The molecule has 1 aromatic rings. The predicted octanol–water partition coefficient (Wildman–Crippen LogP) is -0.661. The Bertz CT molecular complexity index is 714. The average Bonchev–Trinajstić information content (AvgIpc) is 2.36. The fourth-order valence-electron chi connectivity index (χ4n) is 1.45. The van der Waals surface area contributed by atoms with Crippen LogP contribution < -0.4 is 68.9 Å². The Labute approximate surface area is 195 Å². The van der Waals surface area contributed by atoms with E-state index in [0.717, 1.165) is 18.2 Å². The molecule has 124 valence electrons. The smallest absolute Gasteiger partial charge is 1.00 e. The van der Waals surface area contributed by atoms with Gasteiger partial charge in [0, 0.05) is 0 Å². The van der Waals surface area contributed by atoms with Crippen molar-refractivity contribution in [1.29, 1.82) is 0 Å². The molecule has 0 aromatic heterocycles. The van der Waals surface area contributed by atoms with E-state index in [9.17, 15) is 22.6 Å². The van der Waals surface area contributed by atoms with Gasteiger partial charge in [-0.3, -0.25) is 4.55 Å². The molecule has 0 saturated heterocycles. The van der Waals surface area contributed by atoms with Crippen molar-refractivity contribution < 1.29 is 103 Å². The van der Waals surface area contributed by atoms with E-state index >= 15 is 0 Å². The van der Waals surface area contributed by atoms with E-state index in [0.29, 0.717) is 0 Å². The molecule has 9 heteroatoms. The molecular formula is C14H19CsO7S. The predicted molar refractivity (Wildman–Crippen MR) is 78.7 cm³/mol. The first-order chi connectivity index (χ1) is 9.86. The SMILES string of the molecule is CC(C)C(C)(C)OC(=O)c1ccc(C(=O)O)cc1S(=O)(=O)O.[Cs+].[H-]. The molecule has 0 aliphatic heterocycles. The fraction of sp³-hybridized carbons (Fsp3) is 0.429. The van der Waals surface area contributed by atoms with Gasteiger partial charge in [-0.1, -0.05) is 13.8 Å². The zero-order valence-corrected chi connectivity index (χ0v) is 20.7. The van der Waals surface area contributed by atoms with Gasteiger partial charge in [0.05, 0.1) is 11.1 Å². The molecule has 1 aromatic carbocycles. The summed E-state index contributed by atoms with van der Waals surface area (Å²) in [4.78, 5) is 22.3. The maximum absolute atomic E-state index is 12.2. The zero-order valence-electron chi connectivity index (χ0n) is 14.7. The molecule has 0 saturated carbocycles. The quantitative estimate of drug-likeness (QED) is 0.439. The maximum Gasteiger partial charge on any atom is 1.00 e. The second kappa shape index (κ2) is 8.48. The molecule has 2 N–H and O–H groups in total. The minimum Gasteiger partial charge on any atom is -1.00 e. The van der Waals surface area contributed by atoms with Gasteiger partial charge in [-0.2, -0.15) is 8.42 Å². The van der Waals surface area contributed by atoms with Gasteiger partial charge in [0.1, 0.15) is 10.5 Å². The normalized spacial score (nSPS) is 11.7. The van der Waals surface area contributed by atoms with Gasteiger partial charge in [-0.15, -0.1) is 0 Å². The van der Waals surface area contributed by atoms with Gasteiger partial charge in [0.2, 0.25) is 0 Å². The molecule has 0 amide bonds. The third-order valence-electron chi connectivity index (χ3n) is 3.47. The number of hydrogen-bond acceptors (Lipinski definition) is 5. The fourth-order valence-corrected chi connectivity index (χ4v) is 2.15. The average molecular weight is 464 g/mol. The van der Waals surface area contributed by atoms with E-state index in [1.54, 1.807) is 13.8 Å². The summed E-state index contributed by atoms with van der Waals surface area (Å²) in [5.41, 5.74) is -1.65. The molecular weight excluding hydrogens is 445 g/mol. The standard InChI is InChI=1S/C14H18O7S.Cs.H/c1-8(2)14(3,4)21-13(17)10-6-5-9(12(15)16)7-11(10)22(18,19)20;;/h5-8H,1-4H3,(H,15,16)(H,18,19,20);;/q;+1;-1. The molecule has 0 unspecified atom stereocenters. The first-order valence-corrected chi connectivity index (χ1v) is 7.88. The monoisotopic (exact) mass is 464 g/mol. The van der Waals surface area contributed by atoms with Crippen LogP contribution in [0.5, 0.6) is 0 Å². The van der Waals surface area contributed by atoms with Gasteiger partial charge >= 0.3 is 80.8 Å². The second-order valence-electron chi connectivity index (χ2n) is 5.64. The number of carboxylic acid groups (broad SMARTS) is 1. The molecule has 23 heavy (non-hydrogen) atoms. The summed E-state index contributed by atoms with van der Waals surface area (Å²) in [5.74, 6) is -2.38. The van der Waals surface area contributed by atoms with Crippen LogP contribution in [-0.2, 0) is 14.9 Å². The Balaban J connectivity index is 0. The van der Waals surface area contributed by atoms with Gasteiger partial charge in [0.25, 0.3) is 10.1 Å². The van der Waals surface area contributed by atoms with Gasteiger partial charge in [-0.05, 0) is 38.0 Å². The summed E-state index contributed by atoms with van der Waals surface area (Å²) in [5, 5.41) is 8.87. The largest absolute Gasteiger partial charge is 1.00 e. The van der Waals surface area contributed by atoms with Crippen LogP contribution in [0.15, 0.2) is 23.1 Å². The topological polar surface area (TPSA) is 118 Å². The van der Waals surface area contributed by atoms with E-state index in [1.165, 1.54) is 0 Å². The second-order valence-corrected chi connectivity index (χ2v) is 7.03. The minimum atomic E-state index is -4.77. The number of carbonyl (C=O) groups excluding carboxylic acids is 1. The molecule has 0 aliphatic rings. The summed E-state index contributed by atoms with van der Waals surface area (Å²) < 4.78 is 37.2. The van der Waals surface area contributed by atoms with Crippen molar-refractivity contribution in [2.75, 3.05) is 0 Å². The molecule has 0 bridgehead atoms. The van der Waals surface area contributed by atoms with Gasteiger partial charge < -0.3 is 11.3 Å². The molecule has 0 fully saturated rings. The number of carboxylic acids is 1. The summed E-state index contributed by atoms with van der Waals surface area (Å²) in [6, 6.07) is 2.79. The summed E-state index contributed by atoms with van der Waals surface area (Å²) >= 11 is 0. The van der Waals surface area contributed by atoms with Crippen LogP contribution in [0.1, 0.15) is 49.8 Å². The van der Waals surface area contributed by atoms with Crippen molar-refractivity contribution in [2.45, 2.75) is 38.2 Å². The summed E-state index contributed by atoms with van der Waals surface area (Å²) in [7, 11) is -4.77. The zero-order chi connectivity index (χ0) is 17.3. The number of ether oxygens (including phenoxy) is 1. The third-order valence-corrected chi connectivity index (χ3v) is 4.37. The summed E-state index contributed by atoms with van der Waals surface area (Å²) in [6.07, 6.45) is 0. The van der Waals surface area contributed by atoms with E-state index in [1.807, 2.05) is 13.8 Å². The van der Waals surface area contributed by atoms with E-state index < -0.39 is 38.1 Å². The Morgan fingerprint density at radius 2 is 1.78 bits per heavy atom.